The highest BCUT2D eigenvalue weighted by molar-refractivity contribution is 7.99. The average molecular weight is 544 g/mol. The van der Waals surface area contributed by atoms with E-state index in [0.29, 0.717) is 16.6 Å². The third-order valence-corrected chi connectivity index (χ3v) is 8.41. The van der Waals surface area contributed by atoms with Crippen LogP contribution in [-0.4, -0.2) is 33.2 Å². The molecule has 0 saturated heterocycles. The molecule has 0 aliphatic rings. The van der Waals surface area contributed by atoms with E-state index in [1.54, 1.807) is 30.0 Å². The second-order valence-electron chi connectivity index (χ2n) is 6.93. The maximum atomic E-state index is 13.3. The van der Waals surface area contributed by atoms with Crippen LogP contribution in [0.3, 0.4) is 0 Å². The quantitative estimate of drug-likeness (QED) is 0.246. The summed E-state index contributed by atoms with van der Waals surface area (Å²) in [6.45, 7) is 0.0273. The van der Waals surface area contributed by atoms with Crippen molar-refractivity contribution in [2.75, 3.05) is 23.1 Å². The molecule has 0 bridgehead atoms. The molecule has 0 aliphatic heterocycles. The predicted molar refractivity (Wildman–Crippen MR) is 137 cm³/mol. The van der Waals surface area contributed by atoms with Crippen molar-refractivity contribution in [2.24, 2.45) is 0 Å². The molecule has 0 unspecified atom stereocenters. The van der Waals surface area contributed by atoms with Gasteiger partial charge in [-0.05, 0) is 66.8 Å². The van der Waals surface area contributed by atoms with Crippen molar-refractivity contribution in [3.8, 4) is 0 Å². The molecule has 10 heteroatoms. The van der Waals surface area contributed by atoms with Crippen molar-refractivity contribution in [3.05, 3.63) is 87.9 Å². The second kappa shape index (κ2) is 12.0. The molecule has 3 aromatic carbocycles. The summed E-state index contributed by atoms with van der Waals surface area (Å²) in [6.07, 6.45) is 0.719. The number of hydrogen-bond donors (Lipinski definition) is 1. The number of hydrogen-bond acceptors (Lipinski definition) is 4. The Labute approximate surface area is 213 Å². The van der Waals surface area contributed by atoms with Gasteiger partial charge in [0, 0.05) is 16.5 Å². The van der Waals surface area contributed by atoms with E-state index >= 15 is 0 Å². The van der Waals surface area contributed by atoms with Gasteiger partial charge in [-0.25, -0.2) is 8.42 Å². The molecule has 0 heterocycles. The lowest BCUT2D eigenvalue weighted by atomic mass is 10.3. The summed E-state index contributed by atoms with van der Waals surface area (Å²) >= 11 is 19.6. The van der Waals surface area contributed by atoms with Crippen molar-refractivity contribution in [2.45, 2.75) is 16.2 Å². The summed E-state index contributed by atoms with van der Waals surface area (Å²) in [5, 5.41) is 3.96. The van der Waals surface area contributed by atoms with Gasteiger partial charge in [0.15, 0.2) is 0 Å². The van der Waals surface area contributed by atoms with Gasteiger partial charge in [0.25, 0.3) is 10.0 Å². The Bertz CT molecular complexity index is 1190. The number of nitrogens with one attached hydrogen (secondary N) is 1. The van der Waals surface area contributed by atoms with Crippen molar-refractivity contribution in [1.29, 1.82) is 0 Å². The SMILES string of the molecule is O=C(CN(c1ccc(Cl)c(Cl)c1)S(=O)(=O)c1ccccc1)NCCCSc1ccc(Cl)cc1. The highest BCUT2D eigenvalue weighted by Crippen LogP contribution is 2.30. The molecule has 0 saturated carbocycles. The number of thioether (sulfide) groups is 1. The number of carbonyl (C=O) groups excluding carboxylic acids is 1. The van der Waals surface area contributed by atoms with Crippen molar-refractivity contribution >= 4 is 68.2 Å². The predicted octanol–water partition coefficient (Wildman–Crippen LogP) is 6.14. The largest absolute Gasteiger partial charge is 0.354 e. The molecule has 33 heavy (non-hydrogen) atoms. The lowest BCUT2D eigenvalue weighted by Crippen LogP contribution is -2.41. The van der Waals surface area contributed by atoms with E-state index in [1.165, 1.54) is 30.3 Å². The summed E-state index contributed by atoms with van der Waals surface area (Å²) in [6, 6.07) is 19.9. The topological polar surface area (TPSA) is 66.5 Å². The molecule has 0 aromatic heterocycles. The molecule has 0 aliphatic carbocycles. The number of amides is 1. The zero-order valence-electron chi connectivity index (χ0n) is 17.4. The van der Waals surface area contributed by atoms with Crippen LogP contribution in [0.15, 0.2) is 82.6 Å². The molecule has 0 radical (unpaired) electrons. The van der Waals surface area contributed by atoms with E-state index in [4.69, 9.17) is 34.8 Å². The zero-order valence-corrected chi connectivity index (χ0v) is 21.3. The number of rotatable bonds is 10. The van der Waals surface area contributed by atoms with Crippen LogP contribution in [0.5, 0.6) is 0 Å². The van der Waals surface area contributed by atoms with E-state index in [9.17, 15) is 13.2 Å². The second-order valence-corrected chi connectivity index (χ2v) is 11.2. The number of carbonyl (C=O) groups is 1. The summed E-state index contributed by atoms with van der Waals surface area (Å²) < 4.78 is 27.6. The Kier molecular flexibility index (Phi) is 9.35. The van der Waals surface area contributed by atoms with Gasteiger partial charge in [-0.3, -0.25) is 9.10 Å². The number of sulfonamides is 1. The summed E-state index contributed by atoms with van der Waals surface area (Å²) in [4.78, 5) is 13.8. The van der Waals surface area contributed by atoms with Gasteiger partial charge in [-0.15, -0.1) is 11.8 Å². The lowest BCUT2D eigenvalue weighted by molar-refractivity contribution is -0.119. The first-order chi connectivity index (χ1) is 15.8. The molecular weight excluding hydrogens is 523 g/mol. The summed E-state index contributed by atoms with van der Waals surface area (Å²) in [5.41, 5.74) is 0.252. The first-order valence-corrected chi connectivity index (χ1v) is 13.5. The number of nitrogens with zero attached hydrogens (tertiary/aromatic N) is 1. The minimum Gasteiger partial charge on any atom is -0.354 e. The van der Waals surface area contributed by atoms with Gasteiger partial charge in [0.1, 0.15) is 6.54 Å². The van der Waals surface area contributed by atoms with Gasteiger partial charge >= 0.3 is 0 Å². The lowest BCUT2D eigenvalue weighted by Gasteiger charge is -2.24. The van der Waals surface area contributed by atoms with Crippen LogP contribution in [0.1, 0.15) is 6.42 Å². The number of benzene rings is 3. The summed E-state index contributed by atoms with van der Waals surface area (Å²) in [5.74, 6) is 0.373. The third kappa shape index (κ3) is 7.29. The van der Waals surface area contributed by atoms with Crippen LogP contribution in [0.4, 0.5) is 5.69 Å². The van der Waals surface area contributed by atoms with Crippen molar-refractivity contribution < 1.29 is 13.2 Å². The number of halogens is 3. The Morgan fingerprint density at radius 2 is 1.61 bits per heavy atom. The molecule has 174 valence electrons. The zero-order chi connectivity index (χ0) is 23.8. The molecule has 1 amide bonds. The fourth-order valence-corrected chi connectivity index (χ4v) is 5.59. The fourth-order valence-electron chi connectivity index (χ4n) is 2.88. The fraction of sp³-hybridized carbons (Fsp3) is 0.174. The molecule has 0 atom stereocenters. The maximum Gasteiger partial charge on any atom is 0.264 e. The Balaban J connectivity index is 1.65. The summed E-state index contributed by atoms with van der Waals surface area (Å²) in [7, 11) is -4.00. The van der Waals surface area contributed by atoms with E-state index < -0.39 is 15.9 Å². The molecular formula is C23H21Cl3N2O3S2. The molecule has 1 N–H and O–H groups in total. The van der Waals surface area contributed by atoms with Crippen molar-refractivity contribution in [1.82, 2.24) is 5.32 Å². The monoisotopic (exact) mass is 542 g/mol. The maximum absolute atomic E-state index is 13.3. The van der Waals surface area contributed by atoms with Gasteiger partial charge < -0.3 is 5.32 Å². The van der Waals surface area contributed by atoms with E-state index in [-0.39, 0.29) is 22.2 Å². The molecule has 5 nitrogen and oxygen atoms in total. The first kappa shape index (κ1) is 25.7. The first-order valence-electron chi connectivity index (χ1n) is 9.95. The Morgan fingerprint density at radius 1 is 0.909 bits per heavy atom. The molecule has 3 aromatic rings. The van der Waals surface area contributed by atoms with Crippen molar-refractivity contribution in [3.63, 3.8) is 0 Å². The van der Waals surface area contributed by atoms with Gasteiger partial charge in [-0.1, -0.05) is 53.0 Å². The third-order valence-electron chi connectivity index (χ3n) is 4.54. The molecule has 0 spiro atoms. The Morgan fingerprint density at radius 3 is 2.27 bits per heavy atom. The highest BCUT2D eigenvalue weighted by atomic mass is 35.5. The minimum atomic E-state index is -4.00. The average Bonchev–Trinajstić information content (AvgIpc) is 2.81. The van der Waals surface area contributed by atoms with Crippen LogP contribution < -0.4 is 9.62 Å². The van der Waals surface area contributed by atoms with Gasteiger partial charge in [-0.2, -0.15) is 0 Å². The van der Waals surface area contributed by atoms with E-state index in [0.717, 1.165) is 21.4 Å². The van der Waals surface area contributed by atoms with Crippen LogP contribution in [0, 0.1) is 0 Å². The Hall–Kier alpha value is -1.90. The number of anilines is 1. The molecule has 3 rings (SSSR count). The van der Waals surface area contributed by atoms with Crippen LogP contribution in [0.2, 0.25) is 15.1 Å². The molecule has 0 fully saturated rings. The van der Waals surface area contributed by atoms with Crippen LogP contribution in [-0.2, 0) is 14.8 Å². The van der Waals surface area contributed by atoms with Crippen LogP contribution >= 0.6 is 46.6 Å². The normalized spacial score (nSPS) is 11.2. The smallest absolute Gasteiger partial charge is 0.264 e. The van der Waals surface area contributed by atoms with Crippen LogP contribution in [0.25, 0.3) is 0 Å². The minimum absolute atomic E-state index is 0.0724. The van der Waals surface area contributed by atoms with E-state index in [1.807, 2.05) is 24.3 Å². The van der Waals surface area contributed by atoms with Gasteiger partial charge in [0.05, 0.1) is 20.6 Å². The van der Waals surface area contributed by atoms with Gasteiger partial charge in [0.2, 0.25) is 5.91 Å². The van der Waals surface area contributed by atoms with E-state index in [2.05, 4.69) is 5.32 Å². The highest BCUT2D eigenvalue weighted by Gasteiger charge is 2.27. The standard InChI is InChI=1S/C23H21Cl3N2O3S2/c24-17-7-10-19(11-8-17)32-14-4-13-27-23(29)16-28(18-9-12-21(25)22(26)15-18)33(30,31)20-5-2-1-3-6-20/h1-3,5-12,15H,4,13-14,16H2,(H,27,29).